The predicted molar refractivity (Wildman–Crippen MR) is 101 cm³/mol. The average Bonchev–Trinajstić information content (AvgIpc) is 2.63. The third-order valence-corrected chi connectivity index (χ3v) is 4.88. The Hall–Kier alpha value is -1.78. The number of pyridine rings is 1. The molecule has 4 nitrogen and oxygen atoms in total. The number of nitrogens with zero attached hydrogens (tertiary/aromatic N) is 2. The molecule has 1 aliphatic heterocycles. The minimum Gasteiger partial charge on any atom is -0.369 e. The van der Waals surface area contributed by atoms with Crippen LogP contribution < -0.4 is 10.5 Å². The van der Waals surface area contributed by atoms with Gasteiger partial charge < -0.3 is 9.88 Å². The summed E-state index contributed by atoms with van der Waals surface area (Å²) >= 11 is 5.74. The van der Waals surface area contributed by atoms with Crippen molar-refractivity contribution >= 4 is 17.3 Å². The molecular formula is C19H24ClN3O. The molecule has 0 radical (unpaired) electrons. The summed E-state index contributed by atoms with van der Waals surface area (Å²) in [7, 11) is 0. The van der Waals surface area contributed by atoms with Gasteiger partial charge >= 0.3 is 0 Å². The zero-order chi connectivity index (χ0) is 16.9. The Kier molecular flexibility index (Phi) is 5.59. The molecule has 128 valence electrons. The highest BCUT2D eigenvalue weighted by Gasteiger charge is 2.16. The largest absolute Gasteiger partial charge is 0.369 e. The number of anilines is 1. The Morgan fingerprint density at radius 3 is 2.33 bits per heavy atom. The number of hydrogen-bond donors (Lipinski definition) is 1. The third-order valence-electron chi connectivity index (χ3n) is 4.59. The molecule has 1 aliphatic rings. The quantitative estimate of drug-likeness (QED) is 0.845. The molecule has 1 N–H and O–H groups in total. The summed E-state index contributed by atoms with van der Waals surface area (Å²) in [5, 5.41) is 0. The first kappa shape index (κ1) is 17.1. The van der Waals surface area contributed by atoms with Crippen LogP contribution in [0.1, 0.15) is 18.9 Å². The van der Waals surface area contributed by atoms with Gasteiger partial charge in [-0.15, -0.1) is 11.6 Å². The Labute approximate surface area is 148 Å². The van der Waals surface area contributed by atoms with Crippen molar-refractivity contribution < 1.29 is 0 Å². The van der Waals surface area contributed by atoms with E-state index in [4.69, 9.17) is 11.6 Å². The molecule has 0 unspecified atom stereocenters. The Balaban J connectivity index is 1.70. The fourth-order valence-corrected chi connectivity index (χ4v) is 3.39. The Morgan fingerprint density at radius 2 is 1.75 bits per heavy atom. The van der Waals surface area contributed by atoms with Crippen molar-refractivity contribution in [3.8, 4) is 11.3 Å². The maximum atomic E-state index is 11.9. The number of H-pyrrole nitrogens is 1. The van der Waals surface area contributed by atoms with Crippen LogP contribution in [0.5, 0.6) is 0 Å². The first-order valence-electron chi connectivity index (χ1n) is 8.57. The van der Waals surface area contributed by atoms with Crippen LogP contribution in [0.3, 0.4) is 0 Å². The topological polar surface area (TPSA) is 39.3 Å². The second-order valence-corrected chi connectivity index (χ2v) is 6.50. The molecule has 0 saturated carbocycles. The van der Waals surface area contributed by atoms with E-state index in [9.17, 15) is 4.79 Å². The van der Waals surface area contributed by atoms with E-state index < -0.39 is 0 Å². The van der Waals surface area contributed by atoms with E-state index >= 15 is 0 Å². The molecule has 0 atom stereocenters. The highest BCUT2D eigenvalue weighted by Crippen LogP contribution is 2.22. The van der Waals surface area contributed by atoms with Crippen LogP contribution in [-0.4, -0.2) is 42.6 Å². The molecule has 0 amide bonds. The zero-order valence-electron chi connectivity index (χ0n) is 14.1. The van der Waals surface area contributed by atoms with Gasteiger partial charge in [0.05, 0.1) is 5.88 Å². The maximum absolute atomic E-state index is 11.9. The SMILES string of the molecule is CCCN1CCN(c2ccc(-c3ccc(CCl)c(=O)[nH]3)cc2)CC1. The summed E-state index contributed by atoms with van der Waals surface area (Å²) in [6.07, 6.45) is 1.22. The number of nitrogens with one attached hydrogen (secondary N) is 1. The molecule has 0 spiro atoms. The van der Waals surface area contributed by atoms with Crippen molar-refractivity contribution in [1.29, 1.82) is 0 Å². The molecule has 2 aromatic rings. The number of rotatable bonds is 5. The van der Waals surface area contributed by atoms with Gasteiger partial charge in [-0.1, -0.05) is 25.1 Å². The lowest BCUT2D eigenvalue weighted by atomic mass is 10.1. The van der Waals surface area contributed by atoms with Gasteiger partial charge in [0, 0.05) is 43.1 Å². The van der Waals surface area contributed by atoms with Crippen molar-refractivity contribution in [1.82, 2.24) is 9.88 Å². The standard InChI is InChI=1S/C19H24ClN3O/c1-2-9-22-10-12-23(13-11-22)17-6-3-15(4-7-17)18-8-5-16(14-20)19(24)21-18/h3-8H,2,9-14H2,1H3,(H,21,24). The molecular weight excluding hydrogens is 322 g/mol. The van der Waals surface area contributed by atoms with Crippen LogP contribution in [0.15, 0.2) is 41.2 Å². The number of alkyl halides is 1. The van der Waals surface area contributed by atoms with Crippen molar-refractivity contribution in [2.45, 2.75) is 19.2 Å². The van der Waals surface area contributed by atoms with Gasteiger partial charge in [-0.05, 0) is 36.7 Å². The molecule has 1 fully saturated rings. The number of aromatic nitrogens is 1. The number of halogens is 1. The molecule has 0 bridgehead atoms. The molecule has 5 heteroatoms. The van der Waals surface area contributed by atoms with Crippen LogP contribution in [0.4, 0.5) is 5.69 Å². The minimum atomic E-state index is -0.112. The average molecular weight is 346 g/mol. The van der Waals surface area contributed by atoms with E-state index in [2.05, 4.69) is 46.0 Å². The Morgan fingerprint density at radius 1 is 1.04 bits per heavy atom. The van der Waals surface area contributed by atoms with E-state index in [0.29, 0.717) is 5.56 Å². The van der Waals surface area contributed by atoms with Crippen LogP contribution in [0.2, 0.25) is 0 Å². The van der Waals surface area contributed by atoms with Gasteiger partial charge in [-0.25, -0.2) is 0 Å². The molecule has 1 aromatic carbocycles. The number of hydrogen-bond acceptors (Lipinski definition) is 3. The van der Waals surface area contributed by atoms with E-state index in [1.54, 1.807) is 6.07 Å². The van der Waals surface area contributed by atoms with Gasteiger partial charge in [0.25, 0.3) is 5.56 Å². The highest BCUT2D eigenvalue weighted by molar-refractivity contribution is 6.17. The van der Waals surface area contributed by atoms with E-state index in [1.165, 1.54) is 18.7 Å². The normalized spacial score (nSPS) is 15.7. The lowest BCUT2D eigenvalue weighted by molar-refractivity contribution is 0.258. The predicted octanol–water partition coefficient (Wildman–Crippen LogP) is 3.31. The summed E-state index contributed by atoms with van der Waals surface area (Å²) in [6.45, 7) is 7.82. The summed E-state index contributed by atoms with van der Waals surface area (Å²) < 4.78 is 0. The van der Waals surface area contributed by atoms with Crippen LogP contribution in [0.25, 0.3) is 11.3 Å². The van der Waals surface area contributed by atoms with E-state index in [1.807, 2.05) is 6.07 Å². The first-order valence-corrected chi connectivity index (χ1v) is 9.10. The molecule has 24 heavy (non-hydrogen) atoms. The van der Waals surface area contributed by atoms with E-state index in [-0.39, 0.29) is 11.4 Å². The van der Waals surface area contributed by atoms with Crippen molar-refractivity contribution in [2.75, 3.05) is 37.6 Å². The second-order valence-electron chi connectivity index (χ2n) is 6.24. The van der Waals surface area contributed by atoms with Crippen LogP contribution in [0, 0.1) is 0 Å². The minimum absolute atomic E-state index is 0.112. The second kappa shape index (κ2) is 7.86. The Bertz CT molecular complexity index is 718. The maximum Gasteiger partial charge on any atom is 0.252 e. The lowest BCUT2D eigenvalue weighted by Gasteiger charge is -2.36. The number of piperazine rings is 1. The summed E-state index contributed by atoms with van der Waals surface area (Å²) in [5.74, 6) is 0.235. The molecule has 1 aromatic heterocycles. The summed E-state index contributed by atoms with van der Waals surface area (Å²) in [4.78, 5) is 19.7. The smallest absolute Gasteiger partial charge is 0.252 e. The number of aromatic amines is 1. The fraction of sp³-hybridized carbons (Fsp3) is 0.421. The van der Waals surface area contributed by atoms with Gasteiger partial charge in [0.1, 0.15) is 0 Å². The highest BCUT2D eigenvalue weighted by atomic mass is 35.5. The monoisotopic (exact) mass is 345 g/mol. The van der Waals surface area contributed by atoms with Crippen LogP contribution in [-0.2, 0) is 5.88 Å². The third kappa shape index (κ3) is 3.82. The van der Waals surface area contributed by atoms with Gasteiger partial charge in [-0.2, -0.15) is 0 Å². The van der Waals surface area contributed by atoms with Crippen molar-refractivity contribution in [2.24, 2.45) is 0 Å². The van der Waals surface area contributed by atoms with Crippen molar-refractivity contribution in [3.05, 3.63) is 52.3 Å². The molecule has 0 aliphatic carbocycles. The molecule has 1 saturated heterocycles. The zero-order valence-corrected chi connectivity index (χ0v) is 14.9. The molecule has 3 rings (SSSR count). The summed E-state index contributed by atoms with van der Waals surface area (Å²) in [5.41, 5.74) is 3.57. The first-order chi connectivity index (χ1) is 11.7. The van der Waals surface area contributed by atoms with Gasteiger partial charge in [0.2, 0.25) is 0 Å². The van der Waals surface area contributed by atoms with Crippen molar-refractivity contribution in [3.63, 3.8) is 0 Å². The van der Waals surface area contributed by atoms with E-state index in [0.717, 1.165) is 37.4 Å². The lowest BCUT2D eigenvalue weighted by Crippen LogP contribution is -2.46. The molecule has 2 heterocycles. The summed E-state index contributed by atoms with van der Waals surface area (Å²) in [6, 6.07) is 12.1. The fourth-order valence-electron chi connectivity index (χ4n) is 3.18. The van der Waals surface area contributed by atoms with Gasteiger partial charge in [-0.3, -0.25) is 9.69 Å². The van der Waals surface area contributed by atoms with Crippen LogP contribution >= 0.6 is 11.6 Å². The number of benzene rings is 1. The van der Waals surface area contributed by atoms with Gasteiger partial charge in [0.15, 0.2) is 0 Å².